The molecule has 0 bridgehead atoms. The van der Waals surface area contributed by atoms with E-state index in [9.17, 15) is 14.4 Å². The summed E-state index contributed by atoms with van der Waals surface area (Å²) in [6.45, 7) is 7.18. The van der Waals surface area contributed by atoms with Gasteiger partial charge in [-0.15, -0.1) is 0 Å². The maximum Gasteiger partial charge on any atom is 0.245 e. The van der Waals surface area contributed by atoms with Crippen LogP contribution in [0.4, 0.5) is 0 Å². The van der Waals surface area contributed by atoms with Crippen LogP contribution in [0.15, 0.2) is 24.3 Å². The van der Waals surface area contributed by atoms with Gasteiger partial charge in [0.1, 0.15) is 6.04 Å². The summed E-state index contributed by atoms with van der Waals surface area (Å²) in [5, 5.41) is 5.54. The summed E-state index contributed by atoms with van der Waals surface area (Å²) in [6.07, 6.45) is 0.0728. The predicted octanol–water partition coefficient (Wildman–Crippen LogP) is 0.926. The highest BCUT2D eigenvalue weighted by atomic mass is 16.5. The van der Waals surface area contributed by atoms with E-state index in [1.165, 1.54) is 6.92 Å². The van der Waals surface area contributed by atoms with Gasteiger partial charge in [0, 0.05) is 20.0 Å². The fourth-order valence-electron chi connectivity index (χ4n) is 2.90. The molecule has 0 saturated carbocycles. The fourth-order valence-corrected chi connectivity index (χ4v) is 2.90. The monoisotopic (exact) mass is 361 g/mol. The number of rotatable bonds is 6. The van der Waals surface area contributed by atoms with Crippen molar-refractivity contribution in [2.75, 3.05) is 26.3 Å². The summed E-state index contributed by atoms with van der Waals surface area (Å²) in [7, 11) is 0. The number of hydrogen-bond donors (Lipinski definition) is 2. The topological polar surface area (TPSA) is 87.7 Å². The van der Waals surface area contributed by atoms with E-state index < -0.39 is 12.1 Å². The third-order valence-corrected chi connectivity index (χ3v) is 4.32. The molecule has 2 unspecified atom stereocenters. The van der Waals surface area contributed by atoms with E-state index in [0.717, 1.165) is 11.1 Å². The Morgan fingerprint density at radius 2 is 1.73 bits per heavy atom. The zero-order chi connectivity index (χ0) is 19.1. The average Bonchev–Trinajstić information content (AvgIpc) is 2.61. The van der Waals surface area contributed by atoms with Gasteiger partial charge >= 0.3 is 0 Å². The van der Waals surface area contributed by atoms with Gasteiger partial charge in [0.15, 0.2) is 0 Å². The number of benzene rings is 1. The first-order valence-corrected chi connectivity index (χ1v) is 8.86. The van der Waals surface area contributed by atoms with Crippen LogP contribution in [0.25, 0.3) is 0 Å². The molecule has 1 heterocycles. The molecular formula is C19H27N3O4. The lowest BCUT2D eigenvalue weighted by Crippen LogP contribution is -2.50. The number of morpholine rings is 1. The fraction of sp³-hybridized carbons (Fsp3) is 0.526. The Bertz CT molecular complexity index is 639. The second-order valence-corrected chi connectivity index (χ2v) is 6.59. The van der Waals surface area contributed by atoms with Gasteiger partial charge < -0.3 is 20.3 Å². The molecule has 7 nitrogen and oxygen atoms in total. The number of nitrogens with zero attached hydrogens (tertiary/aromatic N) is 1. The second kappa shape index (κ2) is 9.33. The highest BCUT2D eigenvalue weighted by Gasteiger charge is 2.25. The normalized spacial score (nSPS) is 16.5. The molecule has 1 fully saturated rings. The smallest absolute Gasteiger partial charge is 0.245 e. The van der Waals surface area contributed by atoms with Gasteiger partial charge in [0.05, 0.1) is 25.7 Å². The van der Waals surface area contributed by atoms with E-state index in [1.807, 2.05) is 31.2 Å². The molecule has 26 heavy (non-hydrogen) atoms. The van der Waals surface area contributed by atoms with Crippen LogP contribution in [-0.2, 0) is 19.1 Å². The van der Waals surface area contributed by atoms with Crippen LogP contribution in [0.2, 0.25) is 0 Å². The number of carbonyl (C=O) groups excluding carboxylic acids is 3. The molecule has 0 radical (unpaired) electrons. The van der Waals surface area contributed by atoms with Crippen LogP contribution in [0.5, 0.6) is 0 Å². The summed E-state index contributed by atoms with van der Waals surface area (Å²) in [6, 6.07) is 6.62. The number of hydrogen-bond acceptors (Lipinski definition) is 4. The number of aryl methyl sites for hydroxylation is 1. The van der Waals surface area contributed by atoms with Crippen molar-refractivity contribution in [3.8, 4) is 0 Å². The van der Waals surface area contributed by atoms with Crippen molar-refractivity contribution in [1.82, 2.24) is 15.5 Å². The molecule has 0 aromatic heterocycles. The quantitative estimate of drug-likeness (QED) is 0.789. The molecule has 7 heteroatoms. The zero-order valence-electron chi connectivity index (χ0n) is 15.6. The van der Waals surface area contributed by atoms with Crippen molar-refractivity contribution in [1.29, 1.82) is 0 Å². The minimum absolute atomic E-state index is 0.0728. The molecular weight excluding hydrogens is 334 g/mol. The predicted molar refractivity (Wildman–Crippen MR) is 97.4 cm³/mol. The van der Waals surface area contributed by atoms with Crippen LogP contribution >= 0.6 is 0 Å². The molecule has 142 valence electrons. The maximum absolute atomic E-state index is 12.4. The van der Waals surface area contributed by atoms with Gasteiger partial charge in [-0.3, -0.25) is 14.4 Å². The number of nitrogens with one attached hydrogen (secondary N) is 2. The second-order valence-electron chi connectivity index (χ2n) is 6.59. The van der Waals surface area contributed by atoms with Crippen LogP contribution in [-0.4, -0.2) is 55.0 Å². The van der Waals surface area contributed by atoms with E-state index in [0.29, 0.717) is 26.3 Å². The van der Waals surface area contributed by atoms with Gasteiger partial charge in [-0.25, -0.2) is 0 Å². The van der Waals surface area contributed by atoms with Crippen LogP contribution in [0.3, 0.4) is 0 Å². The Morgan fingerprint density at radius 1 is 1.12 bits per heavy atom. The van der Waals surface area contributed by atoms with Gasteiger partial charge in [-0.05, 0) is 19.4 Å². The molecule has 1 saturated heterocycles. The highest BCUT2D eigenvalue weighted by Crippen LogP contribution is 2.18. The molecule has 1 aliphatic heterocycles. The first-order chi connectivity index (χ1) is 12.4. The summed E-state index contributed by atoms with van der Waals surface area (Å²) >= 11 is 0. The minimum atomic E-state index is -0.614. The summed E-state index contributed by atoms with van der Waals surface area (Å²) in [4.78, 5) is 38.0. The van der Waals surface area contributed by atoms with Crippen LogP contribution in [0.1, 0.15) is 37.4 Å². The highest BCUT2D eigenvalue weighted by molar-refractivity contribution is 5.88. The lowest BCUT2D eigenvalue weighted by atomic mass is 10.0. The third kappa shape index (κ3) is 5.84. The van der Waals surface area contributed by atoms with Crippen molar-refractivity contribution in [3.63, 3.8) is 0 Å². The van der Waals surface area contributed by atoms with Crippen molar-refractivity contribution in [2.24, 2.45) is 0 Å². The summed E-state index contributed by atoms with van der Waals surface area (Å²) in [5.41, 5.74) is 1.96. The molecule has 2 N–H and O–H groups in total. The van der Waals surface area contributed by atoms with Crippen molar-refractivity contribution in [3.05, 3.63) is 35.4 Å². The van der Waals surface area contributed by atoms with E-state index in [-0.39, 0.29) is 24.1 Å². The minimum Gasteiger partial charge on any atom is -0.378 e. The lowest BCUT2D eigenvalue weighted by molar-refractivity contribution is -0.139. The summed E-state index contributed by atoms with van der Waals surface area (Å²) < 4.78 is 5.24. The van der Waals surface area contributed by atoms with E-state index in [1.54, 1.807) is 11.8 Å². The van der Waals surface area contributed by atoms with Gasteiger partial charge in [0.25, 0.3) is 0 Å². The van der Waals surface area contributed by atoms with Gasteiger partial charge in [-0.1, -0.05) is 29.8 Å². The molecule has 2 rings (SSSR count). The summed E-state index contributed by atoms with van der Waals surface area (Å²) in [5.74, 6) is -0.604. The lowest BCUT2D eigenvalue weighted by Gasteiger charge is -2.29. The number of amides is 3. The number of carbonyl (C=O) groups is 3. The molecule has 1 aromatic rings. The SMILES string of the molecule is CC(=O)NC(CC(=O)NC(C)C(=O)N1CCOCC1)c1ccc(C)cc1. The van der Waals surface area contributed by atoms with Gasteiger partial charge in [0.2, 0.25) is 17.7 Å². The number of ether oxygens (including phenoxy) is 1. The van der Waals surface area contributed by atoms with E-state index >= 15 is 0 Å². The molecule has 3 amide bonds. The van der Waals surface area contributed by atoms with Crippen LogP contribution < -0.4 is 10.6 Å². The third-order valence-electron chi connectivity index (χ3n) is 4.32. The molecule has 0 spiro atoms. The molecule has 1 aliphatic rings. The van der Waals surface area contributed by atoms with Crippen molar-refractivity contribution >= 4 is 17.7 Å². The zero-order valence-corrected chi connectivity index (χ0v) is 15.6. The largest absolute Gasteiger partial charge is 0.378 e. The van der Waals surface area contributed by atoms with E-state index in [4.69, 9.17) is 4.74 Å². The van der Waals surface area contributed by atoms with E-state index in [2.05, 4.69) is 10.6 Å². The Morgan fingerprint density at radius 3 is 2.31 bits per heavy atom. The Balaban J connectivity index is 1.96. The van der Waals surface area contributed by atoms with Gasteiger partial charge in [-0.2, -0.15) is 0 Å². The maximum atomic E-state index is 12.4. The molecule has 1 aromatic carbocycles. The Hall–Kier alpha value is -2.41. The molecule has 0 aliphatic carbocycles. The average molecular weight is 361 g/mol. The Kier molecular flexibility index (Phi) is 7.15. The molecule has 2 atom stereocenters. The van der Waals surface area contributed by atoms with Crippen LogP contribution in [0, 0.1) is 6.92 Å². The van der Waals surface area contributed by atoms with Crippen molar-refractivity contribution < 1.29 is 19.1 Å². The standard InChI is InChI=1S/C19H27N3O4/c1-13-4-6-16(7-5-13)17(21-15(3)23)12-18(24)20-14(2)19(25)22-8-10-26-11-9-22/h4-7,14,17H,8-12H2,1-3H3,(H,20,24)(H,21,23). The Labute approximate surface area is 154 Å². The first-order valence-electron chi connectivity index (χ1n) is 8.86. The first kappa shape index (κ1) is 19.9. The van der Waals surface area contributed by atoms with Crippen molar-refractivity contribution in [2.45, 2.75) is 39.3 Å².